The van der Waals surface area contributed by atoms with E-state index in [2.05, 4.69) is 6.07 Å². The highest BCUT2D eigenvalue weighted by atomic mass is 32.2. The van der Waals surface area contributed by atoms with E-state index in [0.29, 0.717) is 6.54 Å². The number of methoxy groups -OCH3 is 1. The third-order valence-electron chi connectivity index (χ3n) is 4.72. The number of ether oxygens (including phenoxy) is 1. The number of rotatable bonds is 5. The Morgan fingerprint density at radius 3 is 2.50 bits per heavy atom. The minimum atomic E-state index is -3.17. The standard InChI is InChI=1S/C20H23NO4S/c1-25-17-9-7-16(8-10-17)20-18-6-4-3-5-15(18)11-13-21(20)19(22)12-14-26(2,23)24/h3-10,20H,11-14H2,1-2H3. The van der Waals surface area contributed by atoms with E-state index in [1.165, 1.54) is 5.56 Å². The molecule has 1 amide bonds. The van der Waals surface area contributed by atoms with E-state index in [1.807, 2.05) is 42.5 Å². The van der Waals surface area contributed by atoms with Gasteiger partial charge in [0.15, 0.2) is 0 Å². The van der Waals surface area contributed by atoms with Gasteiger partial charge >= 0.3 is 0 Å². The molecular formula is C20H23NO4S. The highest BCUT2D eigenvalue weighted by Crippen LogP contribution is 2.36. The second-order valence-corrected chi connectivity index (χ2v) is 8.85. The Labute approximate surface area is 154 Å². The van der Waals surface area contributed by atoms with Crippen molar-refractivity contribution in [2.24, 2.45) is 0 Å². The Morgan fingerprint density at radius 2 is 1.85 bits per heavy atom. The first-order valence-electron chi connectivity index (χ1n) is 8.58. The van der Waals surface area contributed by atoms with Gasteiger partial charge in [-0.15, -0.1) is 0 Å². The van der Waals surface area contributed by atoms with Crippen LogP contribution in [-0.2, 0) is 21.1 Å². The number of carbonyl (C=O) groups excluding carboxylic acids is 1. The summed E-state index contributed by atoms with van der Waals surface area (Å²) < 4.78 is 28.1. The molecule has 0 spiro atoms. The molecule has 0 bridgehead atoms. The van der Waals surface area contributed by atoms with Crippen molar-refractivity contribution in [2.75, 3.05) is 25.7 Å². The largest absolute Gasteiger partial charge is 0.497 e. The number of benzene rings is 2. The van der Waals surface area contributed by atoms with Gasteiger partial charge in [0.1, 0.15) is 15.6 Å². The van der Waals surface area contributed by atoms with Crippen molar-refractivity contribution in [3.05, 3.63) is 65.2 Å². The molecule has 3 rings (SSSR count). The summed E-state index contributed by atoms with van der Waals surface area (Å²) in [7, 11) is -1.56. The third-order valence-corrected chi connectivity index (χ3v) is 5.67. The maximum absolute atomic E-state index is 12.8. The summed E-state index contributed by atoms with van der Waals surface area (Å²) in [5.74, 6) is 0.498. The van der Waals surface area contributed by atoms with Gasteiger partial charge < -0.3 is 9.64 Å². The van der Waals surface area contributed by atoms with Gasteiger partial charge in [-0.2, -0.15) is 0 Å². The third kappa shape index (κ3) is 4.07. The summed E-state index contributed by atoms with van der Waals surface area (Å²) in [4.78, 5) is 14.6. The van der Waals surface area contributed by atoms with Gasteiger partial charge in [0, 0.05) is 19.2 Å². The smallest absolute Gasteiger partial charge is 0.224 e. The van der Waals surface area contributed by atoms with E-state index in [4.69, 9.17) is 4.74 Å². The lowest BCUT2D eigenvalue weighted by atomic mass is 9.88. The number of hydrogen-bond donors (Lipinski definition) is 0. The van der Waals surface area contributed by atoms with Crippen molar-refractivity contribution in [2.45, 2.75) is 18.9 Å². The molecule has 0 saturated carbocycles. The fraction of sp³-hybridized carbons (Fsp3) is 0.350. The zero-order valence-electron chi connectivity index (χ0n) is 15.0. The molecule has 0 N–H and O–H groups in total. The molecule has 0 aromatic heterocycles. The van der Waals surface area contributed by atoms with Crippen LogP contribution in [0.1, 0.15) is 29.2 Å². The van der Waals surface area contributed by atoms with Crippen LogP contribution in [0.2, 0.25) is 0 Å². The minimum Gasteiger partial charge on any atom is -0.497 e. The van der Waals surface area contributed by atoms with Crippen LogP contribution in [-0.4, -0.2) is 44.9 Å². The van der Waals surface area contributed by atoms with Crippen LogP contribution in [0.5, 0.6) is 5.75 Å². The highest BCUT2D eigenvalue weighted by molar-refractivity contribution is 7.90. The van der Waals surface area contributed by atoms with Crippen molar-refractivity contribution < 1.29 is 17.9 Å². The van der Waals surface area contributed by atoms with Crippen LogP contribution in [0.3, 0.4) is 0 Å². The van der Waals surface area contributed by atoms with E-state index in [-0.39, 0.29) is 24.1 Å². The Kier molecular flexibility index (Phi) is 5.32. The molecule has 1 atom stereocenters. The van der Waals surface area contributed by atoms with Gasteiger partial charge in [-0.25, -0.2) is 8.42 Å². The quantitative estimate of drug-likeness (QED) is 0.808. The van der Waals surface area contributed by atoms with E-state index >= 15 is 0 Å². The minimum absolute atomic E-state index is 0.00759. The zero-order chi connectivity index (χ0) is 18.7. The average molecular weight is 373 g/mol. The van der Waals surface area contributed by atoms with Crippen molar-refractivity contribution in [1.82, 2.24) is 4.90 Å². The van der Waals surface area contributed by atoms with Crippen molar-refractivity contribution in [3.8, 4) is 5.75 Å². The molecule has 138 valence electrons. The summed E-state index contributed by atoms with van der Waals surface area (Å²) >= 11 is 0. The first-order valence-corrected chi connectivity index (χ1v) is 10.6. The summed E-state index contributed by atoms with van der Waals surface area (Å²) in [6.07, 6.45) is 1.94. The van der Waals surface area contributed by atoms with Gasteiger partial charge in [0.05, 0.1) is 18.9 Å². The van der Waals surface area contributed by atoms with Crippen LogP contribution in [0, 0.1) is 0 Å². The Bertz CT molecular complexity index is 890. The molecule has 6 heteroatoms. The molecule has 2 aromatic rings. The number of carbonyl (C=O) groups is 1. The van der Waals surface area contributed by atoms with Crippen LogP contribution in [0.15, 0.2) is 48.5 Å². The van der Waals surface area contributed by atoms with Crippen LogP contribution < -0.4 is 4.74 Å². The van der Waals surface area contributed by atoms with E-state index in [9.17, 15) is 13.2 Å². The Morgan fingerprint density at radius 1 is 1.15 bits per heavy atom. The number of hydrogen-bond acceptors (Lipinski definition) is 4. The molecule has 1 unspecified atom stereocenters. The van der Waals surface area contributed by atoms with Crippen molar-refractivity contribution in [1.29, 1.82) is 0 Å². The second kappa shape index (κ2) is 7.50. The molecule has 0 fully saturated rings. The van der Waals surface area contributed by atoms with Crippen LogP contribution in [0.25, 0.3) is 0 Å². The number of fused-ring (bicyclic) bond motifs is 1. The number of nitrogens with zero attached hydrogens (tertiary/aromatic N) is 1. The Balaban J connectivity index is 1.96. The van der Waals surface area contributed by atoms with Crippen molar-refractivity contribution in [3.63, 3.8) is 0 Å². The lowest BCUT2D eigenvalue weighted by Gasteiger charge is -2.38. The van der Waals surface area contributed by atoms with Crippen LogP contribution >= 0.6 is 0 Å². The lowest BCUT2D eigenvalue weighted by molar-refractivity contribution is -0.132. The molecule has 0 saturated heterocycles. The fourth-order valence-corrected chi connectivity index (χ4v) is 3.94. The monoisotopic (exact) mass is 373 g/mol. The predicted octanol–water partition coefficient (Wildman–Crippen LogP) is 2.60. The van der Waals surface area contributed by atoms with E-state index in [0.717, 1.165) is 29.6 Å². The highest BCUT2D eigenvalue weighted by Gasteiger charge is 2.31. The van der Waals surface area contributed by atoms with Crippen molar-refractivity contribution >= 4 is 15.7 Å². The van der Waals surface area contributed by atoms with E-state index < -0.39 is 9.84 Å². The van der Waals surface area contributed by atoms with Gasteiger partial charge in [0.2, 0.25) is 5.91 Å². The zero-order valence-corrected chi connectivity index (χ0v) is 15.8. The molecule has 0 aliphatic carbocycles. The SMILES string of the molecule is COc1ccc(C2c3ccccc3CCN2C(=O)CCS(C)(=O)=O)cc1. The van der Waals surface area contributed by atoms with Gasteiger partial charge in [0.25, 0.3) is 0 Å². The maximum atomic E-state index is 12.8. The lowest BCUT2D eigenvalue weighted by Crippen LogP contribution is -2.41. The first kappa shape index (κ1) is 18.5. The molecule has 1 aliphatic heterocycles. The predicted molar refractivity (Wildman–Crippen MR) is 101 cm³/mol. The molecule has 26 heavy (non-hydrogen) atoms. The van der Waals surface area contributed by atoms with E-state index in [1.54, 1.807) is 12.0 Å². The molecule has 1 heterocycles. The number of sulfone groups is 1. The molecule has 1 aliphatic rings. The first-order chi connectivity index (χ1) is 12.4. The topological polar surface area (TPSA) is 63.7 Å². The fourth-order valence-electron chi connectivity index (χ4n) is 3.40. The van der Waals surface area contributed by atoms with Gasteiger partial charge in [-0.1, -0.05) is 36.4 Å². The normalized spacial score (nSPS) is 16.8. The molecule has 2 aromatic carbocycles. The second-order valence-electron chi connectivity index (χ2n) is 6.59. The van der Waals surface area contributed by atoms with Crippen LogP contribution in [0.4, 0.5) is 0 Å². The number of amides is 1. The maximum Gasteiger partial charge on any atom is 0.224 e. The Hall–Kier alpha value is -2.34. The summed E-state index contributed by atoms with van der Waals surface area (Å²) in [6, 6.07) is 15.6. The molecular weight excluding hydrogens is 350 g/mol. The average Bonchev–Trinajstić information content (AvgIpc) is 2.64. The van der Waals surface area contributed by atoms with Gasteiger partial charge in [-0.3, -0.25) is 4.79 Å². The summed E-state index contributed by atoms with van der Waals surface area (Å²) in [5.41, 5.74) is 3.31. The molecule has 5 nitrogen and oxygen atoms in total. The summed E-state index contributed by atoms with van der Waals surface area (Å²) in [5, 5.41) is 0. The summed E-state index contributed by atoms with van der Waals surface area (Å²) in [6.45, 7) is 0.580. The molecule has 0 radical (unpaired) electrons. The van der Waals surface area contributed by atoms with Gasteiger partial charge in [-0.05, 0) is 35.2 Å².